The monoisotopic (exact) mass is 214 g/mol. The van der Waals surface area contributed by atoms with E-state index in [2.05, 4.69) is 17.6 Å². The molecule has 4 nitrogen and oxygen atoms in total. The summed E-state index contributed by atoms with van der Waals surface area (Å²) in [6.45, 7) is 6.32. The highest BCUT2D eigenvalue weighted by molar-refractivity contribution is 5.79. The summed E-state index contributed by atoms with van der Waals surface area (Å²) in [5, 5.41) is 15.4. The van der Waals surface area contributed by atoms with Crippen LogP contribution < -0.4 is 10.6 Å². The number of nitrogens with one attached hydrogen (secondary N) is 2. The Labute approximate surface area is 91.4 Å². The Kier molecular flexibility index (Phi) is 5.05. The van der Waals surface area contributed by atoms with Crippen molar-refractivity contribution >= 4 is 5.91 Å². The molecule has 0 aromatic rings. The van der Waals surface area contributed by atoms with Crippen molar-refractivity contribution in [3.63, 3.8) is 0 Å². The van der Waals surface area contributed by atoms with Crippen LogP contribution >= 0.6 is 0 Å². The van der Waals surface area contributed by atoms with E-state index >= 15 is 0 Å². The van der Waals surface area contributed by atoms with Crippen molar-refractivity contribution in [2.24, 2.45) is 11.8 Å². The highest BCUT2D eigenvalue weighted by atomic mass is 16.3. The van der Waals surface area contributed by atoms with Gasteiger partial charge in [0.2, 0.25) is 5.91 Å². The number of aliphatic hydroxyl groups is 1. The Balaban J connectivity index is 2.18. The van der Waals surface area contributed by atoms with Crippen molar-refractivity contribution in [2.75, 3.05) is 19.6 Å². The first-order valence-electron chi connectivity index (χ1n) is 5.81. The van der Waals surface area contributed by atoms with Gasteiger partial charge in [-0.2, -0.15) is 0 Å². The number of hydrogen-bond acceptors (Lipinski definition) is 3. The molecule has 4 heteroatoms. The number of rotatable bonds is 5. The first-order valence-corrected chi connectivity index (χ1v) is 5.81. The SMILES string of the molecule is CCC(O)CCNC(=O)C1CNCC1C. The van der Waals surface area contributed by atoms with Gasteiger partial charge < -0.3 is 15.7 Å². The van der Waals surface area contributed by atoms with Gasteiger partial charge >= 0.3 is 0 Å². The van der Waals surface area contributed by atoms with E-state index < -0.39 is 0 Å². The average molecular weight is 214 g/mol. The van der Waals surface area contributed by atoms with E-state index in [1.54, 1.807) is 0 Å². The molecule has 1 aliphatic rings. The molecule has 3 unspecified atom stereocenters. The summed E-state index contributed by atoms with van der Waals surface area (Å²) in [7, 11) is 0. The van der Waals surface area contributed by atoms with Crippen molar-refractivity contribution in [3.05, 3.63) is 0 Å². The molecule has 0 aromatic carbocycles. The van der Waals surface area contributed by atoms with Crippen LogP contribution in [0.5, 0.6) is 0 Å². The maximum atomic E-state index is 11.7. The smallest absolute Gasteiger partial charge is 0.224 e. The molecule has 0 aliphatic carbocycles. The van der Waals surface area contributed by atoms with Crippen LogP contribution in [-0.2, 0) is 4.79 Å². The molecule has 15 heavy (non-hydrogen) atoms. The van der Waals surface area contributed by atoms with Crippen LogP contribution in [0, 0.1) is 11.8 Å². The number of carbonyl (C=O) groups excluding carboxylic acids is 1. The van der Waals surface area contributed by atoms with Crippen molar-refractivity contribution in [3.8, 4) is 0 Å². The van der Waals surface area contributed by atoms with Gasteiger partial charge in [0.1, 0.15) is 0 Å². The van der Waals surface area contributed by atoms with Gasteiger partial charge in [0, 0.05) is 13.1 Å². The third kappa shape index (κ3) is 3.80. The lowest BCUT2D eigenvalue weighted by molar-refractivity contribution is -0.125. The fraction of sp³-hybridized carbons (Fsp3) is 0.909. The molecule has 3 atom stereocenters. The van der Waals surface area contributed by atoms with Gasteiger partial charge in [-0.3, -0.25) is 4.79 Å². The second-order valence-corrected chi connectivity index (χ2v) is 4.38. The first kappa shape index (κ1) is 12.5. The molecule has 88 valence electrons. The molecule has 1 rings (SSSR count). The van der Waals surface area contributed by atoms with Gasteiger partial charge in [-0.15, -0.1) is 0 Å². The van der Waals surface area contributed by atoms with Gasteiger partial charge in [0.05, 0.1) is 12.0 Å². The van der Waals surface area contributed by atoms with Crippen molar-refractivity contribution in [2.45, 2.75) is 32.8 Å². The number of amides is 1. The predicted octanol–water partition coefficient (Wildman–Crippen LogP) is 0.119. The molecule has 0 radical (unpaired) electrons. The average Bonchev–Trinajstić information content (AvgIpc) is 2.64. The molecule has 3 N–H and O–H groups in total. The maximum absolute atomic E-state index is 11.7. The first-order chi connectivity index (χ1) is 7.15. The van der Waals surface area contributed by atoms with Crippen LogP contribution in [0.25, 0.3) is 0 Å². The molecule has 0 saturated carbocycles. The Morgan fingerprint density at radius 3 is 2.87 bits per heavy atom. The van der Waals surface area contributed by atoms with E-state index in [-0.39, 0.29) is 17.9 Å². The highest BCUT2D eigenvalue weighted by Crippen LogP contribution is 2.15. The standard InChI is InChI=1S/C11H22N2O2/c1-3-9(14)4-5-13-11(15)10-7-12-6-8(10)2/h8-10,12,14H,3-7H2,1-2H3,(H,13,15). The van der Waals surface area contributed by atoms with Crippen molar-refractivity contribution < 1.29 is 9.90 Å². The molecular weight excluding hydrogens is 192 g/mol. The molecule has 1 fully saturated rings. The summed E-state index contributed by atoms with van der Waals surface area (Å²) in [5.41, 5.74) is 0. The lowest BCUT2D eigenvalue weighted by atomic mass is 9.97. The normalized spacial score (nSPS) is 27.7. The molecular formula is C11H22N2O2. The predicted molar refractivity (Wildman–Crippen MR) is 59.4 cm³/mol. The van der Waals surface area contributed by atoms with E-state index in [1.165, 1.54) is 0 Å². The summed E-state index contributed by atoms with van der Waals surface area (Å²) in [5.74, 6) is 0.640. The van der Waals surface area contributed by atoms with E-state index in [4.69, 9.17) is 0 Å². The molecule has 1 saturated heterocycles. The molecule has 1 heterocycles. The highest BCUT2D eigenvalue weighted by Gasteiger charge is 2.29. The Morgan fingerprint density at radius 2 is 2.33 bits per heavy atom. The fourth-order valence-corrected chi connectivity index (χ4v) is 1.86. The minimum absolute atomic E-state index is 0.101. The van der Waals surface area contributed by atoms with Crippen molar-refractivity contribution in [1.82, 2.24) is 10.6 Å². The van der Waals surface area contributed by atoms with E-state index in [0.29, 0.717) is 18.9 Å². The lowest BCUT2D eigenvalue weighted by Gasteiger charge is -2.15. The van der Waals surface area contributed by atoms with E-state index in [9.17, 15) is 9.90 Å². The zero-order valence-electron chi connectivity index (χ0n) is 9.62. The molecule has 0 bridgehead atoms. The quantitative estimate of drug-likeness (QED) is 0.609. The molecule has 0 spiro atoms. The second kappa shape index (κ2) is 6.08. The largest absolute Gasteiger partial charge is 0.393 e. The summed E-state index contributed by atoms with van der Waals surface area (Å²) in [4.78, 5) is 11.7. The van der Waals surface area contributed by atoms with Crippen LogP contribution in [-0.4, -0.2) is 36.8 Å². The zero-order chi connectivity index (χ0) is 11.3. The van der Waals surface area contributed by atoms with Crippen LogP contribution in [0.3, 0.4) is 0 Å². The number of aliphatic hydroxyl groups excluding tert-OH is 1. The topological polar surface area (TPSA) is 61.4 Å². The van der Waals surface area contributed by atoms with Crippen LogP contribution in [0.4, 0.5) is 0 Å². The van der Waals surface area contributed by atoms with Gasteiger partial charge in [0.15, 0.2) is 0 Å². The number of carbonyl (C=O) groups is 1. The Morgan fingerprint density at radius 1 is 1.60 bits per heavy atom. The van der Waals surface area contributed by atoms with Crippen LogP contribution in [0.1, 0.15) is 26.7 Å². The van der Waals surface area contributed by atoms with E-state index in [0.717, 1.165) is 19.5 Å². The van der Waals surface area contributed by atoms with Gasteiger partial charge in [-0.1, -0.05) is 13.8 Å². The fourth-order valence-electron chi connectivity index (χ4n) is 1.86. The zero-order valence-corrected chi connectivity index (χ0v) is 9.62. The lowest BCUT2D eigenvalue weighted by Crippen LogP contribution is -2.35. The van der Waals surface area contributed by atoms with Crippen molar-refractivity contribution in [1.29, 1.82) is 0 Å². The summed E-state index contributed by atoms with van der Waals surface area (Å²) in [6, 6.07) is 0. The van der Waals surface area contributed by atoms with Gasteiger partial charge in [0.25, 0.3) is 0 Å². The third-order valence-corrected chi connectivity index (χ3v) is 3.10. The minimum Gasteiger partial charge on any atom is -0.393 e. The van der Waals surface area contributed by atoms with Gasteiger partial charge in [-0.25, -0.2) is 0 Å². The van der Waals surface area contributed by atoms with Crippen LogP contribution in [0.2, 0.25) is 0 Å². The van der Waals surface area contributed by atoms with Gasteiger partial charge in [-0.05, 0) is 25.3 Å². The number of hydrogen-bond donors (Lipinski definition) is 3. The third-order valence-electron chi connectivity index (χ3n) is 3.10. The van der Waals surface area contributed by atoms with Crippen LogP contribution in [0.15, 0.2) is 0 Å². The maximum Gasteiger partial charge on any atom is 0.224 e. The molecule has 1 aliphatic heterocycles. The second-order valence-electron chi connectivity index (χ2n) is 4.38. The summed E-state index contributed by atoms with van der Waals surface area (Å²) < 4.78 is 0. The minimum atomic E-state index is -0.288. The molecule has 0 aromatic heterocycles. The van der Waals surface area contributed by atoms with E-state index in [1.807, 2.05) is 6.92 Å². The Hall–Kier alpha value is -0.610. The summed E-state index contributed by atoms with van der Waals surface area (Å²) >= 11 is 0. The Bertz CT molecular complexity index is 209. The molecule has 1 amide bonds. The summed E-state index contributed by atoms with van der Waals surface area (Å²) in [6.07, 6.45) is 1.11.